The van der Waals surface area contributed by atoms with E-state index in [1.165, 1.54) is 12.1 Å². The fourth-order valence-electron chi connectivity index (χ4n) is 1.95. The van der Waals surface area contributed by atoms with Crippen molar-refractivity contribution in [3.8, 4) is 11.3 Å². The van der Waals surface area contributed by atoms with Gasteiger partial charge in [-0.1, -0.05) is 6.92 Å². The molecule has 0 aliphatic carbocycles. The number of nitrogens with one attached hydrogen (secondary N) is 1. The van der Waals surface area contributed by atoms with E-state index < -0.39 is 40.4 Å². The van der Waals surface area contributed by atoms with Gasteiger partial charge in [0.1, 0.15) is 11.5 Å². The molecule has 0 amide bonds. The van der Waals surface area contributed by atoms with E-state index in [2.05, 4.69) is 5.32 Å². The van der Waals surface area contributed by atoms with Gasteiger partial charge in [-0.2, -0.15) is 0 Å². The topological polar surface area (TPSA) is 25.2 Å². The number of halogens is 5. The van der Waals surface area contributed by atoms with E-state index in [-0.39, 0.29) is 6.04 Å². The first-order valence-corrected chi connectivity index (χ1v) is 6.23. The second-order valence-electron chi connectivity index (χ2n) is 4.43. The normalized spacial score (nSPS) is 12.7. The third-order valence-corrected chi connectivity index (χ3v) is 3.02. The van der Waals surface area contributed by atoms with Crippen LogP contribution in [0.15, 0.2) is 16.5 Å². The maximum atomic E-state index is 13.7. The lowest BCUT2D eigenvalue weighted by Gasteiger charge is -2.09. The minimum absolute atomic E-state index is 0.259. The summed E-state index contributed by atoms with van der Waals surface area (Å²) in [6, 6.07) is 2.33. The summed E-state index contributed by atoms with van der Waals surface area (Å²) in [5.74, 6) is -10.1. The minimum atomic E-state index is -2.19. The van der Waals surface area contributed by atoms with Gasteiger partial charge in [-0.3, -0.25) is 0 Å². The average molecular weight is 305 g/mol. The van der Waals surface area contributed by atoms with Gasteiger partial charge in [0, 0.05) is 0 Å². The molecule has 1 atom stereocenters. The number of rotatable bonds is 4. The van der Waals surface area contributed by atoms with Gasteiger partial charge in [0.15, 0.2) is 23.3 Å². The van der Waals surface area contributed by atoms with Gasteiger partial charge in [0.25, 0.3) is 0 Å². The molecule has 1 unspecified atom stereocenters. The minimum Gasteiger partial charge on any atom is -0.459 e. The van der Waals surface area contributed by atoms with Crippen LogP contribution in [0.5, 0.6) is 0 Å². The molecule has 2 rings (SSSR count). The van der Waals surface area contributed by atoms with Gasteiger partial charge in [-0.15, -0.1) is 0 Å². The molecule has 0 radical (unpaired) electrons. The zero-order chi connectivity index (χ0) is 15.7. The predicted molar refractivity (Wildman–Crippen MR) is 66.0 cm³/mol. The van der Waals surface area contributed by atoms with Crippen molar-refractivity contribution in [1.29, 1.82) is 0 Å². The lowest BCUT2D eigenvalue weighted by atomic mass is 10.1. The molecular formula is C14H12F5NO. The largest absolute Gasteiger partial charge is 0.459 e. The lowest BCUT2D eigenvalue weighted by molar-refractivity contribution is 0.376. The Morgan fingerprint density at radius 1 is 0.952 bits per heavy atom. The highest BCUT2D eigenvalue weighted by Gasteiger charge is 2.28. The molecule has 0 saturated carbocycles. The third-order valence-electron chi connectivity index (χ3n) is 3.02. The number of benzene rings is 1. The van der Waals surface area contributed by atoms with Crippen LogP contribution in [0.25, 0.3) is 11.3 Å². The van der Waals surface area contributed by atoms with Gasteiger partial charge in [0.2, 0.25) is 5.82 Å². The van der Waals surface area contributed by atoms with Crippen LogP contribution in [0.2, 0.25) is 0 Å². The lowest BCUT2D eigenvalue weighted by Crippen LogP contribution is -2.16. The van der Waals surface area contributed by atoms with Gasteiger partial charge in [-0.25, -0.2) is 22.0 Å². The van der Waals surface area contributed by atoms with E-state index in [0.717, 1.165) is 0 Å². The molecule has 1 N–H and O–H groups in total. The second kappa shape index (κ2) is 5.85. The smallest absolute Gasteiger partial charge is 0.200 e. The quantitative estimate of drug-likeness (QED) is 0.517. The van der Waals surface area contributed by atoms with Crippen LogP contribution in [0.1, 0.15) is 25.6 Å². The SMILES string of the molecule is CCNC(C)c1ccc(-c2c(F)c(F)c(F)c(F)c2F)o1. The van der Waals surface area contributed by atoms with Gasteiger partial charge >= 0.3 is 0 Å². The van der Waals surface area contributed by atoms with Crippen LogP contribution in [0, 0.1) is 29.1 Å². The summed E-state index contributed by atoms with van der Waals surface area (Å²) in [5.41, 5.74) is -1.07. The molecule has 2 aromatic rings. The molecule has 0 aliphatic heterocycles. The Labute approximate surface area is 117 Å². The molecule has 1 heterocycles. The molecule has 7 heteroatoms. The first-order chi connectivity index (χ1) is 9.88. The Hall–Kier alpha value is -1.89. The molecule has 1 aromatic carbocycles. The molecular weight excluding hydrogens is 293 g/mol. The first-order valence-electron chi connectivity index (χ1n) is 6.23. The molecule has 0 aliphatic rings. The molecule has 114 valence electrons. The van der Waals surface area contributed by atoms with Crippen LogP contribution in [0.3, 0.4) is 0 Å². The van der Waals surface area contributed by atoms with E-state index in [0.29, 0.717) is 12.3 Å². The van der Waals surface area contributed by atoms with Crippen molar-refractivity contribution in [3.63, 3.8) is 0 Å². The molecule has 0 bridgehead atoms. The van der Waals surface area contributed by atoms with Crippen LogP contribution in [0.4, 0.5) is 22.0 Å². The summed E-state index contributed by atoms with van der Waals surface area (Å²) in [7, 11) is 0. The maximum Gasteiger partial charge on any atom is 0.200 e. The van der Waals surface area contributed by atoms with Crippen molar-refractivity contribution >= 4 is 0 Å². The van der Waals surface area contributed by atoms with E-state index in [4.69, 9.17) is 4.42 Å². The number of hydrogen-bond acceptors (Lipinski definition) is 2. The Balaban J connectivity index is 2.53. The molecule has 2 nitrogen and oxygen atoms in total. The van der Waals surface area contributed by atoms with Crippen LogP contribution in [-0.2, 0) is 0 Å². The molecule has 0 spiro atoms. The molecule has 21 heavy (non-hydrogen) atoms. The van der Waals surface area contributed by atoms with Gasteiger partial charge in [0.05, 0.1) is 11.6 Å². The van der Waals surface area contributed by atoms with E-state index in [9.17, 15) is 22.0 Å². The van der Waals surface area contributed by atoms with Crippen LogP contribution < -0.4 is 5.32 Å². The van der Waals surface area contributed by atoms with Crippen LogP contribution in [-0.4, -0.2) is 6.54 Å². The van der Waals surface area contributed by atoms with Crippen molar-refractivity contribution in [2.24, 2.45) is 0 Å². The zero-order valence-corrected chi connectivity index (χ0v) is 11.2. The summed E-state index contributed by atoms with van der Waals surface area (Å²) in [6.07, 6.45) is 0. The summed E-state index contributed by atoms with van der Waals surface area (Å²) < 4.78 is 71.8. The fourth-order valence-corrected chi connectivity index (χ4v) is 1.95. The standard InChI is InChI=1S/C14H12F5NO/c1-3-20-6(2)7-4-5-8(21-7)9-10(15)12(17)14(19)13(18)11(9)16/h4-6,20H,3H2,1-2H3. The van der Waals surface area contributed by atoms with Crippen molar-refractivity contribution in [2.45, 2.75) is 19.9 Å². The Morgan fingerprint density at radius 2 is 1.48 bits per heavy atom. The fraction of sp³-hybridized carbons (Fsp3) is 0.286. The highest BCUT2D eigenvalue weighted by Crippen LogP contribution is 2.33. The maximum absolute atomic E-state index is 13.7. The summed E-state index contributed by atoms with van der Waals surface area (Å²) in [6.45, 7) is 4.22. The summed E-state index contributed by atoms with van der Waals surface area (Å²) in [4.78, 5) is 0. The molecule has 0 saturated heterocycles. The van der Waals surface area contributed by atoms with Crippen molar-refractivity contribution in [1.82, 2.24) is 5.32 Å². The van der Waals surface area contributed by atoms with E-state index in [1.54, 1.807) is 6.92 Å². The summed E-state index contributed by atoms with van der Waals surface area (Å²) >= 11 is 0. The Kier molecular flexibility index (Phi) is 4.32. The van der Waals surface area contributed by atoms with Crippen LogP contribution >= 0.6 is 0 Å². The van der Waals surface area contributed by atoms with E-state index >= 15 is 0 Å². The highest BCUT2D eigenvalue weighted by atomic mass is 19.2. The first kappa shape index (κ1) is 15.5. The zero-order valence-electron chi connectivity index (χ0n) is 11.2. The van der Waals surface area contributed by atoms with Crippen molar-refractivity contribution in [3.05, 3.63) is 47.0 Å². The van der Waals surface area contributed by atoms with Crippen molar-refractivity contribution in [2.75, 3.05) is 6.54 Å². The second-order valence-corrected chi connectivity index (χ2v) is 4.43. The Morgan fingerprint density at radius 3 is 2.00 bits per heavy atom. The van der Waals surface area contributed by atoms with Crippen molar-refractivity contribution < 1.29 is 26.4 Å². The van der Waals surface area contributed by atoms with Gasteiger partial charge in [-0.05, 0) is 25.6 Å². The number of furan rings is 1. The average Bonchev–Trinajstić information content (AvgIpc) is 2.93. The molecule has 1 aromatic heterocycles. The monoisotopic (exact) mass is 305 g/mol. The predicted octanol–water partition coefficient (Wildman–Crippen LogP) is 4.31. The third kappa shape index (κ3) is 2.65. The Bertz CT molecular complexity index is 639. The van der Waals surface area contributed by atoms with Gasteiger partial charge < -0.3 is 9.73 Å². The highest BCUT2D eigenvalue weighted by molar-refractivity contribution is 5.60. The summed E-state index contributed by atoms with van der Waals surface area (Å²) in [5, 5.41) is 3.00. The number of hydrogen-bond donors (Lipinski definition) is 1. The van der Waals surface area contributed by atoms with E-state index in [1.807, 2.05) is 6.92 Å². The molecule has 0 fully saturated rings.